The number of hydrogen-bond donors (Lipinski definition) is 1. The molecule has 4 nitrogen and oxygen atoms in total. The topological polar surface area (TPSA) is 33.7 Å². The molecule has 0 bridgehead atoms. The quantitative estimate of drug-likeness (QED) is 0.867. The van der Waals surface area contributed by atoms with E-state index in [0.29, 0.717) is 6.04 Å². The summed E-state index contributed by atoms with van der Waals surface area (Å²) in [6, 6.07) is 6.43. The van der Waals surface area contributed by atoms with Crippen molar-refractivity contribution < 1.29 is 9.47 Å². The van der Waals surface area contributed by atoms with Crippen molar-refractivity contribution in [3.8, 4) is 11.5 Å². The van der Waals surface area contributed by atoms with Gasteiger partial charge < -0.3 is 9.47 Å². The van der Waals surface area contributed by atoms with Crippen LogP contribution in [0.5, 0.6) is 11.5 Å². The van der Waals surface area contributed by atoms with E-state index in [0.717, 1.165) is 31.0 Å². The summed E-state index contributed by atoms with van der Waals surface area (Å²) in [5, 5.41) is 2.35. The van der Waals surface area contributed by atoms with E-state index >= 15 is 0 Å². The van der Waals surface area contributed by atoms with Gasteiger partial charge in [-0.15, -0.1) is 0 Å². The van der Waals surface area contributed by atoms with E-state index in [1.807, 2.05) is 12.1 Å². The Morgan fingerprint density at radius 1 is 1.15 bits per heavy atom. The van der Waals surface area contributed by atoms with Crippen molar-refractivity contribution in [1.29, 1.82) is 0 Å². The first kappa shape index (κ1) is 15.1. The summed E-state index contributed by atoms with van der Waals surface area (Å²) in [5.41, 5.74) is 4.81. The Morgan fingerprint density at radius 2 is 1.90 bits per heavy atom. The Morgan fingerprint density at radius 3 is 2.55 bits per heavy atom. The highest BCUT2D eigenvalue weighted by Crippen LogP contribution is 2.25. The molecular formula is C16H26N2O2. The summed E-state index contributed by atoms with van der Waals surface area (Å²) >= 11 is 0. The Hall–Kier alpha value is -1.26. The summed E-state index contributed by atoms with van der Waals surface area (Å²) in [7, 11) is 3.38. The fraction of sp³-hybridized carbons (Fsp3) is 0.625. The second kappa shape index (κ2) is 7.50. The maximum absolute atomic E-state index is 5.46. The van der Waals surface area contributed by atoms with E-state index in [-0.39, 0.29) is 0 Å². The Balaban J connectivity index is 1.94. The van der Waals surface area contributed by atoms with Crippen molar-refractivity contribution in [3.05, 3.63) is 23.8 Å². The molecule has 4 heteroatoms. The molecule has 20 heavy (non-hydrogen) atoms. The normalized spacial score (nSPS) is 17.8. The minimum absolute atomic E-state index is 0.399. The third-order valence-electron chi connectivity index (χ3n) is 3.78. The zero-order valence-corrected chi connectivity index (χ0v) is 12.8. The zero-order valence-electron chi connectivity index (χ0n) is 12.8. The average molecular weight is 278 g/mol. The van der Waals surface area contributed by atoms with Crippen LogP contribution in [-0.4, -0.2) is 38.4 Å². The molecular weight excluding hydrogens is 252 g/mol. The van der Waals surface area contributed by atoms with Gasteiger partial charge in [0.2, 0.25) is 0 Å². The number of methoxy groups -OCH3 is 2. The molecule has 1 aromatic rings. The summed E-state index contributed by atoms with van der Waals surface area (Å²) in [6.45, 7) is 4.53. The van der Waals surface area contributed by atoms with Gasteiger partial charge in [0.25, 0.3) is 0 Å². The van der Waals surface area contributed by atoms with Gasteiger partial charge in [-0.25, -0.2) is 5.01 Å². The van der Waals surface area contributed by atoms with Crippen LogP contribution >= 0.6 is 0 Å². The molecule has 1 aliphatic rings. The van der Waals surface area contributed by atoms with E-state index in [2.05, 4.69) is 23.4 Å². The zero-order chi connectivity index (χ0) is 14.4. The molecule has 0 unspecified atom stereocenters. The Bertz CT molecular complexity index is 417. The molecule has 0 amide bonds. The predicted octanol–water partition coefficient (Wildman–Crippen LogP) is 2.63. The van der Waals surface area contributed by atoms with Crippen LogP contribution in [0, 0.1) is 0 Å². The van der Waals surface area contributed by atoms with Gasteiger partial charge in [0.05, 0.1) is 14.2 Å². The molecule has 2 rings (SSSR count). The van der Waals surface area contributed by atoms with E-state index in [1.54, 1.807) is 14.2 Å². The van der Waals surface area contributed by atoms with Crippen LogP contribution in [0.4, 0.5) is 0 Å². The number of hydrogen-bond acceptors (Lipinski definition) is 4. The molecule has 0 saturated carbocycles. The minimum Gasteiger partial charge on any atom is -0.497 e. The molecule has 0 aromatic heterocycles. The third kappa shape index (κ3) is 4.12. The molecule has 1 N–H and O–H groups in total. The van der Waals surface area contributed by atoms with E-state index < -0.39 is 0 Å². The van der Waals surface area contributed by atoms with Crippen LogP contribution in [0.3, 0.4) is 0 Å². The van der Waals surface area contributed by atoms with Crippen LogP contribution in [0.25, 0.3) is 0 Å². The summed E-state index contributed by atoms with van der Waals surface area (Å²) in [5.74, 6) is 1.74. The molecule has 1 saturated heterocycles. The van der Waals surface area contributed by atoms with E-state index in [9.17, 15) is 0 Å². The first-order valence-electron chi connectivity index (χ1n) is 7.45. The number of ether oxygens (including phenoxy) is 2. The summed E-state index contributed by atoms with van der Waals surface area (Å²) in [6.07, 6.45) is 4.90. The van der Waals surface area contributed by atoms with Gasteiger partial charge >= 0.3 is 0 Å². The Kier molecular flexibility index (Phi) is 5.68. The highest BCUT2D eigenvalue weighted by atomic mass is 16.5. The van der Waals surface area contributed by atoms with Crippen molar-refractivity contribution in [2.45, 2.75) is 38.6 Å². The van der Waals surface area contributed by atoms with Crippen molar-refractivity contribution in [3.63, 3.8) is 0 Å². The fourth-order valence-electron chi connectivity index (χ4n) is 2.73. The van der Waals surface area contributed by atoms with Gasteiger partial charge in [0.15, 0.2) is 0 Å². The van der Waals surface area contributed by atoms with Gasteiger partial charge in [-0.2, -0.15) is 0 Å². The van der Waals surface area contributed by atoms with Gasteiger partial charge in [-0.1, -0.05) is 12.5 Å². The fourth-order valence-corrected chi connectivity index (χ4v) is 2.73. The molecule has 1 aliphatic heterocycles. The van der Waals surface area contributed by atoms with Crippen LogP contribution in [-0.2, 0) is 6.42 Å². The van der Waals surface area contributed by atoms with Crippen molar-refractivity contribution in [1.82, 2.24) is 10.4 Å². The van der Waals surface area contributed by atoms with Crippen molar-refractivity contribution in [2.75, 3.05) is 27.3 Å². The number of hydrazine groups is 1. The first-order valence-corrected chi connectivity index (χ1v) is 7.45. The standard InChI is InChI=1S/C16H26N2O2/c1-13(17-18-9-5-4-6-10-18)11-14-7-8-15(19-2)12-16(14)20-3/h7-8,12-13,17H,4-6,9-11H2,1-3H3/t13-/m1/s1. The maximum atomic E-state index is 5.46. The van der Waals surface area contributed by atoms with Crippen molar-refractivity contribution in [2.24, 2.45) is 0 Å². The minimum atomic E-state index is 0.399. The lowest BCUT2D eigenvalue weighted by molar-refractivity contribution is 0.132. The van der Waals surface area contributed by atoms with E-state index in [4.69, 9.17) is 9.47 Å². The molecule has 1 atom stereocenters. The van der Waals surface area contributed by atoms with Crippen LogP contribution in [0.1, 0.15) is 31.7 Å². The van der Waals surface area contributed by atoms with Crippen molar-refractivity contribution >= 4 is 0 Å². The smallest absolute Gasteiger partial charge is 0.125 e. The van der Waals surface area contributed by atoms with E-state index in [1.165, 1.54) is 24.8 Å². The van der Waals surface area contributed by atoms with Crippen LogP contribution < -0.4 is 14.9 Å². The number of benzene rings is 1. The summed E-state index contributed by atoms with van der Waals surface area (Å²) < 4.78 is 10.7. The number of nitrogens with one attached hydrogen (secondary N) is 1. The third-order valence-corrected chi connectivity index (χ3v) is 3.78. The molecule has 0 radical (unpaired) electrons. The predicted molar refractivity (Wildman–Crippen MR) is 81.3 cm³/mol. The lowest BCUT2D eigenvalue weighted by Crippen LogP contribution is -2.46. The second-order valence-corrected chi connectivity index (χ2v) is 5.46. The second-order valence-electron chi connectivity index (χ2n) is 5.46. The van der Waals surface area contributed by atoms with Gasteiger partial charge in [-0.05, 0) is 37.8 Å². The maximum Gasteiger partial charge on any atom is 0.125 e. The first-order chi connectivity index (χ1) is 9.72. The molecule has 0 spiro atoms. The number of nitrogens with zero attached hydrogens (tertiary/aromatic N) is 1. The molecule has 1 aromatic carbocycles. The van der Waals surface area contributed by atoms with Crippen LogP contribution in [0.2, 0.25) is 0 Å². The average Bonchev–Trinajstić information content (AvgIpc) is 2.48. The highest BCUT2D eigenvalue weighted by molar-refractivity contribution is 5.41. The van der Waals surface area contributed by atoms with Gasteiger partial charge in [0.1, 0.15) is 11.5 Å². The van der Waals surface area contributed by atoms with Gasteiger partial charge in [0, 0.05) is 25.2 Å². The molecule has 1 heterocycles. The lowest BCUT2D eigenvalue weighted by Gasteiger charge is -2.30. The number of rotatable bonds is 6. The highest BCUT2D eigenvalue weighted by Gasteiger charge is 2.14. The van der Waals surface area contributed by atoms with Gasteiger partial charge in [-0.3, -0.25) is 5.43 Å². The molecule has 112 valence electrons. The monoisotopic (exact) mass is 278 g/mol. The summed E-state index contributed by atoms with van der Waals surface area (Å²) in [4.78, 5) is 0. The van der Waals surface area contributed by atoms with Crippen LogP contribution in [0.15, 0.2) is 18.2 Å². The molecule has 1 fully saturated rings. The molecule has 0 aliphatic carbocycles. The Labute approximate surface area is 122 Å². The SMILES string of the molecule is COc1ccc(C[C@@H](C)NN2CCCCC2)c(OC)c1. The lowest BCUT2D eigenvalue weighted by atomic mass is 10.1. The number of piperidine rings is 1. The largest absolute Gasteiger partial charge is 0.497 e.